The molecule has 4 aromatic rings. The summed E-state index contributed by atoms with van der Waals surface area (Å²) in [7, 11) is 0. The zero-order valence-electron chi connectivity index (χ0n) is 18.4. The molecule has 0 aliphatic heterocycles. The summed E-state index contributed by atoms with van der Waals surface area (Å²) in [6, 6.07) is 27.5. The van der Waals surface area contributed by atoms with Gasteiger partial charge in [0.25, 0.3) is 11.8 Å². The minimum Gasteiger partial charge on any atom is -0.493 e. The fourth-order valence-corrected chi connectivity index (χ4v) is 3.95. The van der Waals surface area contributed by atoms with Crippen molar-refractivity contribution in [3.63, 3.8) is 0 Å². The molecule has 0 fully saturated rings. The van der Waals surface area contributed by atoms with Crippen LogP contribution in [0.3, 0.4) is 0 Å². The normalized spacial score (nSPS) is 10.5. The van der Waals surface area contributed by atoms with E-state index in [2.05, 4.69) is 22.8 Å². The molecule has 0 saturated carbocycles. The van der Waals surface area contributed by atoms with Crippen molar-refractivity contribution in [3.8, 4) is 5.75 Å². The molecule has 0 atom stereocenters. The molecule has 0 radical (unpaired) electrons. The van der Waals surface area contributed by atoms with Gasteiger partial charge in [-0.25, -0.2) is 0 Å². The molecule has 0 aliphatic rings. The van der Waals surface area contributed by atoms with Gasteiger partial charge in [-0.15, -0.1) is 11.8 Å². The van der Waals surface area contributed by atoms with E-state index in [9.17, 15) is 9.59 Å². The third-order valence-electron chi connectivity index (χ3n) is 4.90. The Labute approximate surface area is 202 Å². The van der Waals surface area contributed by atoms with E-state index in [1.54, 1.807) is 78.7 Å². The van der Waals surface area contributed by atoms with Crippen molar-refractivity contribution in [2.75, 3.05) is 17.7 Å². The van der Waals surface area contributed by atoms with E-state index in [0.717, 1.165) is 5.75 Å². The second kappa shape index (κ2) is 11.8. The van der Waals surface area contributed by atoms with Crippen LogP contribution in [0.5, 0.6) is 5.75 Å². The summed E-state index contributed by atoms with van der Waals surface area (Å²) in [6.45, 7) is 0.824. The molecule has 7 heteroatoms. The van der Waals surface area contributed by atoms with Crippen LogP contribution in [0, 0.1) is 0 Å². The van der Waals surface area contributed by atoms with Crippen LogP contribution in [0.1, 0.15) is 26.5 Å². The molecule has 2 N–H and O–H groups in total. The summed E-state index contributed by atoms with van der Waals surface area (Å²) in [5.41, 5.74) is 1.28. The number of anilines is 1. The third kappa shape index (κ3) is 6.52. The largest absolute Gasteiger partial charge is 0.493 e. The van der Waals surface area contributed by atoms with E-state index in [0.29, 0.717) is 34.9 Å². The Bertz CT molecular complexity index is 1210. The number of carbonyl (C=O) groups is 2. The highest BCUT2D eigenvalue weighted by atomic mass is 32.2. The number of amides is 2. The minimum atomic E-state index is -0.308. The molecule has 0 aliphatic carbocycles. The maximum atomic E-state index is 12.8. The Kier molecular flexibility index (Phi) is 8.03. The average Bonchev–Trinajstić information content (AvgIpc) is 3.40. The van der Waals surface area contributed by atoms with Gasteiger partial charge in [0.15, 0.2) is 0 Å². The second-order valence-electron chi connectivity index (χ2n) is 7.30. The van der Waals surface area contributed by atoms with Gasteiger partial charge in [-0.2, -0.15) is 0 Å². The smallest absolute Gasteiger partial charge is 0.255 e. The maximum absolute atomic E-state index is 12.8. The molecule has 1 heterocycles. The first-order chi connectivity index (χ1) is 16.7. The molecule has 0 spiro atoms. The van der Waals surface area contributed by atoms with Crippen LogP contribution in [0.25, 0.3) is 0 Å². The number of rotatable bonds is 10. The van der Waals surface area contributed by atoms with Crippen LogP contribution < -0.4 is 15.4 Å². The lowest BCUT2D eigenvalue weighted by Gasteiger charge is -2.12. The van der Waals surface area contributed by atoms with Crippen molar-refractivity contribution in [2.45, 2.75) is 11.4 Å². The summed E-state index contributed by atoms with van der Waals surface area (Å²) in [6.07, 6.45) is 1.55. The summed E-state index contributed by atoms with van der Waals surface area (Å²) in [5.74, 6) is 1.56. The van der Waals surface area contributed by atoms with Crippen LogP contribution in [0.2, 0.25) is 0 Å². The van der Waals surface area contributed by atoms with Crippen molar-refractivity contribution >= 4 is 29.3 Å². The average molecular weight is 473 g/mol. The standard InChI is InChI=1S/C27H24N2O4S/c30-26(20-12-14-21(15-13-20)33-17-18-34-23-8-2-1-3-9-23)29-25-11-5-4-10-24(25)27(31)28-19-22-7-6-16-32-22/h1-16H,17-19H2,(H,28,31)(H,29,30). The monoisotopic (exact) mass is 472 g/mol. The zero-order chi connectivity index (χ0) is 23.6. The maximum Gasteiger partial charge on any atom is 0.255 e. The number of carbonyl (C=O) groups excluding carboxylic acids is 2. The lowest BCUT2D eigenvalue weighted by molar-refractivity contribution is 0.0949. The minimum absolute atomic E-state index is 0.263. The molecule has 6 nitrogen and oxygen atoms in total. The molecule has 0 saturated heterocycles. The van der Waals surface area contributed by atoms with E-state index in [4.69, 9.17) is 9.15 Å². The third-order valence-corrected chi connectivity index (χ3v) is 5.88. The first kappa shape index (κ1) is 23.2. The SMILES string of the molecule is O=C(Nc1ccccc1C(=O)NCc1ccco1)c1ccc(OCCSc2ccccc2)cc1. The van der Waals surface area contributed by atoms with Crippen LogP contribution in [0.15, 0.2) is 107 Å². The molecular formula is C27H24N2O4S. The Hall–Kier alpha value is -3.97. The van der Waals surface area contributed by atoms with E-state index in [-0.39, 0.29) is 18.4 Å². The number of para-hydroxylation sites is 1. The van der Waals surface area contributed by atoms with Gasteiger partial charge in [0.05, 0.1) is 30.7 Å². The second-order valence-corrected chi connectivity index (χ2v) is 8.46. The molecule has 3 aromatic carbocycles. The van der Waals surface area contributed by atoms with Gasteiger partial charge in [0.2, 0.25) is 0 Å². The summed E-state index contributed by atoms with van der Waals surface area (Å²) >= 11 is 1.73. The van der Waals surface area contributed by atoms with E-state index < -0.39 is 0 Å². The predicted molar refractivity (Wildman–Crippen MR) is 133 cm³/mol. The van der Waals surface area contributed by atoms with Crippen molar-refractivity contribution < 1.29 is 18.7 Å². The van der Waals surface area contributed by atoms with Crippen molar-refractivity contribution in [3.05, 3.63) is 114 Å². The molecule has 2 amide bonds. The number of hydrogen-bond acceptors (Lipinski definition) is 5. The quantitative estimate of drug-likeness (QED) is 0.231. The Morgan fingerprint density at radius 3 is 2.35 bits per heavy atom. The number of benzene rings is 3. The Balaban J connectivity index is 1.30. The highest BCUT2D eigenvalue weighted by Gasteiger charge is 2.14. The summed E-state index contributed by atoms with van der Waals surface area (Å²) < 4.78 is 11.0. The number of furan rings is 1. The van der Waals surface area contributed by atoms with Crippen molar-refractivity contribution in [1.82, 2.24) is 5.32 Å². The molecule has 34 heavy (non-hydrogen) atoms. The first-order valence-electron chi connectivity index (χ1n) is 10.8. The summed E-state index contributed by atoms with van der Waals surface area (Å²) in [4.78, 5) is 26.6. The molecule has 4 rings (SSSR count). The van der Waals surface area contributed by atoms with Gasteiger partial charge in [-0.05, 0) is 60.7 Å². The lowest BCUT2D eigenvalue weighted by Crippen LogP contribution is -2.24. The highest BCUT2D eigenvalue weighted by Crippen LogP contribution is 2.20. The van der Waals surface area contributed by atoms with Crippen LogP contribution in [-0.4, -0.2) is 24.2 Å². The zero-order valence-corrected chi connectivity index (χ0v) is 19.2. The first-order valence-corrected chi connectivity index (χ1v) is 11.8. The Morgan fingerprint density at radius 1 is 0.824 bits per heavy atom. The molecule has 0 unspecified atom stereocenters. The predicted octanol–water partition coefficient (Wildman–Crippen LogP) is 5.63. The topological polar surface area (TPSA) is 80.6 Å². The van der Waals surface area contributed by atoms with Gasteiger partial charge >= 0.3 is 0 Å². The fourth-order valence-electron chi connectivity index (χ4n) is 3.20. The highest BCUT2D eigenvalue weighted by molar-refractivity contribution is 7.99. The van der Waals surface area contributed by atoms with Gasteiger partial charge < -0.3 is 19.8 Å². The Morgan fingerprint density at radius 2 is 1.59 bits per heavy atom. The molecule has 172 valence electrons. The van der Waals surface area contributed by atoms with E-state index in [1.165, 1.54) is 4.90 Å². The van der Waals surface area contributed by atoms with Crippen molar-refractivity contribution in [1.29, 1.82) is 0 Å². The van der Waals surface area contributed by atoms with Crippen LogP contribution >= 0.6 is 11.8 Å². The van der Waals surface area contributed by atoms with Gasteiger partial charge in [0, 0.05) is 16.2 Å². The molecule has 1 aromatic heterocycles. The number of thioether (sulfide) groups is 1. The van der Waals surface area contributed by atoms with Gasteiger partial charge in [-0.1, -0.05) is 30.3 Å². The van der Waals surface area contributed by atoms with Gasteiger partial charge in [0.1, 0.15) is 11.5 Å². The van der Waals surface area contributed by atoms with Crippen molar-refractivity contribution in [2.24, 2.45) is 0 Å². The van der Waals surface area contributed by atoms with Crippen LogP contribution in [-0.2, 0) is 6.54 Å². The fraction of sp³-hybridized carbons (Fsp3) is 0.111. The lowest BCUT2D eigenvalue weighted by atomic mass is 10.1. The number of hydrogen-bond donors (Lipinski definition) is 2. The number of ether oxygens (including phenoxy) is 1. The molecular weight excluding hydrogens is 448 g/mol. The summed E-state index contributed by atoms with van der Waals surface area (Å²) in [5, 5.41) is 5.62. The van der Waals surface area contributed by atoms with E-state index in [1.807, 2.05) is 18.2 Å². The molecule has 0 bridgehead atoms. The van der Waals surface area contributed by atoms with Crippen LogP contribution in [0.4, 0.5) is 5.69 Å². The van der Waals surface area contributed by atoms with Gasteiger partial charge in [-0.3, -0.25) is 9.59 Å². The number of nitrogens with one attached hydrogen (secondary N) is 2. The van der Waals surface area contributed by atoms with E-state index >= 15 is 0 Å².